The summed E-state index contributed by atoms with van der Waals surface area (Å²) in [7, 11) is -0.415. The molecule has 4 aliphatic heterocycles. The largest absolute Gasteiger partial charge is 0.461 e. The van der Waals surface area contributed by atoms with Crippen LogP contribution in [0, 0.1) is 11.3 Å². The highest BCUT2D eigenvalue weighted by atomic mass is 32.2. The van der Waals surface area contributed by atoms with Gasteiger partial charge < -0.3 is 24.8 Å². The Kier molecular flexibility index (Phi) is 7.59. The van der Waals surface area contributed by atoms with Gasteiger partial charge in [-0.25, -0.2) is 4.39 Å². The average molecular weight is 669 g/mol. The van der Waals surface area contributed by atoms with Gasteiger partial charge in [0.1, 0.15) is 31.0 Å². The van der Waals surface area contributed by atoms with Crippen molar-refractivity contribution in [1.82, 2.24) is 19.9 Å². The van der Waals surface area contributed by atoms with Crippen molar-refractivity contribution in [3.05, 3.63) is 45.8 Å². The summed E-state index contributed by atoms with van der Waals surface area (Å²) in [6.45, 7) is 8.58. The zero-order chi connectivity index (χ0) is 31.7. The van der Waals surface area contributed by atoms with Gasteiger partial charge in [0.05, 0.1) is 21.9 Å². The second-order valence-electron chi connectivity index (χ2n) is 13.2. The fourth-order valence-electron chi connectivity index (χ4n) is 7.28. The Bertz CT molecular complexity index is 1720. The number of nitriles is 1. The summed E-state index contributed by atoms with van der Waals surface area (Å²) in [5.74, 6) is 1.83. The summed E-state index contributed by atoms with van der Waals surface area (Å²) >= 11 is 3.36. The molecule has 1 spiro atoms. The maximum absolute atomic E-state index is 14.5. The van der Waals surface area contributed by atoms with Crippen LogP contribution in [0.25, 0.3) is 0 Å². The average Bonchev–Trinajstić information content (AvgIpc) is 3.72. The van der Waals surface area contributed by atoms with Gasteiger partial charge in [-0.15, -0.1) is 23.1 Å². The quantitative estimate of drug-likeness (QED) is 0.335. The number of anilines is 3. The van der Waals surface area contributed by atoms with Gasteiger partial charge in [-0.2, -0.15) is 20.2 Å². The molecule has 4 aliphatic rings. The topological polar surface area (TPSA) is 125 Å². The molecule has 0 saturated carbocycles. The van der Waals surface area contributed by atoms with Gasteiger partial charge in [-0.1, -0.05) is 24.3 Å². The molecule has 3 atom stereocenters. The second-order valence-corrected chi connectivity index (χ2v) is 18.9. The van der Waals surface area contributed by atoms with Crippen molar-refractivity contribution in [2.45, 2.75) is 54.4 Å². The van der Waals surface area contributed by atoms with Crippen molar-refractivity contribution in [3.63, 3.8) is 0 Å². The van der Waals surface area contributed by atoms with Gasteiger partial charge in [0.2, 0.25) is 11.9 Å². The Morgan fingerprint density at radius 1 is 1.27 bits per heavy atom. The molecule has 2 N–H and O–H groups in total. The monoisotopic (exact) mass is 668 g/mol. The van der Waals surface area contributed by atoms with E-state index in [4.69, 9.17) is 25.4 Å². The van der Waals surface area contributed by atoms with Crippen molar-refractivity contribution >= 4 is 52.4 Å². The number of benzene rings is 1. The Morgan fingerprint density at radius 3 is 2.73 bits per heavy atom. The number of nitrogens with two attached hydrogens (primary N) is 1. The summed E-state index contributed by atoms with van der Waals surface area (Å²) in [6, 6.07) is 10.3. The highest BCUT2D eigenvalue weighted by molar-refractivity contribution is 8.00. The maximum Gasteiger partial charge on any atom is 0.323 e. The maximum atomic E-state index is 14.5. The number of aromatic nitrogens is 3. The van der Waals surface area contributed by atoms with Gasteiger partial charge >= 0.3 is 6.01 Å². The molecule has 45 heavy (non-hydrogen) atoms. The third-order valence-electron chi connectivity index (χ3n) is 9.95. The van der Waals surface area contributed by atoms with Crippen molar-refractivity contribution in [2.24, 2.45) is 0 Å². The molecule has 1 unspecified atom stereocenters. The Labute approximate surface area is 271 Å². The van der Waals surface area contributed by atoms with E-state index in [-0.39, 0.29) is 22.3 Å². The lowest BCUT2D eigenvalue weighted by atomic mass is 9.88. The fourth-order valence-corrected chi connectivity index (χ4v) is 11.0. The number of rotatable bonds is 8. The molecule has 3 fully saturated rings. The smallest absolute Gasteiger partial charge is 0.323 e. The molecule has 1 aromatic carbocycles. The first-order valence-corrected chi connectivity index (χ1v) is 19.7. The van der Waals surface area contributed by atoms with Crippen LogP contribution in [-0.2, 0) is 15.1 Å². The summed E-state index contributed by atoms with van der Waals surface area (Å²) < 4.78 is 33.1. The molecule has 10 nitrogen and oxygen atoms in total. The van der Waals surface area contributed by atoms with E-state index in [0.717, 1.165) is 41.6 Å². The highest BCUT2D eigenvalue weighted by Crippen LogP contribution is 2.57. The lowest BCUT2D eigenvalue weighted by Crippen LogP contribution is -2.57. The number of halogens is 1. The molecule has 3 aromatic rings. The van der Waals surface area contributed by atoms with E-state index in [9.17, 15) is 14.2 Å². The van der Waals surface area contributed by atoms with Crippen molar-refractivity contribution in [1.29, 1.82) is 5.26 Å². The molecular weight excluding hydrogens is 631 g/mol. The highest BCUT2D eigenvalue weighted by Gasteiger charge is 2.53. The number of hydrogen-bond acceptors (Lipinski definition) is 12. The van der Waals surface area contributed by atoms with E-state index in [1.54, 1.807) is 13.3 Å². The van der Waals surface area contributed by atoms with Crippen molar-refractivity contribution in [2.75, 3.05) is 68.7 Å². The molecule has 0 amide bonds. The lowest BCUT2D eigenvalue weighted by Gasteiger charge is -2.47. The number of nitrogens with zero attached hydrogens (tertiary/aromatic N) is 7. The van der Waals surface area contributed by atoms with Crippen LogP contribution in [0.1, 0.15) is 53.8 Å². The molecule has 2 aromatic heterocycles. The van der Waals surface area contributed by atoms with E-state index in [0.29, 0.717) is 55.1 Å². The van der Waals surface area contributed by atoms with Crippen LogP contribution in [-0.4, -0.2) is 84.7 Å². The Hall–Kier alpha value is -2.91. The van der Waals surface area contributed by atoms with E-state index in [2.05, 4.69) is 22.8 Å². The number of thiophene rings is 1. The molecule has 7 rings (SSSR count). The van der Waals surface area contributed by atoms with E-state index >= 15 is 0 Å². The first-order chi connectivity index (χ1) is 21.4. The normalized spacial score (nSPS) is 24.3. The standard InChI is InChI=1S/C31H38FN8O2PS2/c1-19(20-6-8-22(9-7-20)43(3,4)41)38(2)27-35-28(37-29(36-27)42-18-30-10-5-11-40(30)14-21(32)12-30)39-16-31(17-39)25-23(13-33)26(34)45-24(25)15-44-31/h6-9,19,21H,5,10-12,14-18,34H2,1-4H3/t19-,21?,30+/m1/s1. The predicted molar refractivity (Wildman–Crippen MR) is 179 cm³/mol. The zero-order valence-electron chi connectivity index (χ0n) is 26.0. The minimum atomic E-state index is -2.36. The number of nitrogen functional groups attached to an aromatic ring is 1. The van der Waals surface area contributed by atoms with Crippen LogP contribution in [0.2, 0.25) is 0 Å². The fraction of sp³-hybridized carbons (Fsp3) is 0.548. The van der Waals surface area contributed by atoms with Gasteiger partial charge in [0.15, 0.2) is 0 Å². The second kappa shape index (κ2) is 11.1. The summed E-state index contributed by atoms with van der Waals surface area (Å²) in [5, 5.41) is 11.3. The van der Waals surface area contributed by atoms with Crippen molar-refractivity contribution < 1.29 is 13.7 Å². The molecule has 0 bridgehead atoms. The first kappa shape index (κ1) is 30.7. The predicted octanol–water partition coefficient (Wildman–Crippen LogP) is 4.75. The van der Waals surface area contributed by atoms with Gasteiger partial charge in [-0.3, -0.25) is 4.90 Å². The number of fused-ring (bicyclic) bond motifs is 3. The van der Waals surface area contributed by atoms with Gasteiger partial charge in [0.25, 0.3) is 0 Å². The van der Waals surface area contributed by atoms with Crippen LogP contribution < -0.4 is 25.6 Å². The van der Waals surface area contributed by atoms with E-state index < -0.39 is 13.3 Å². The molecule has 0 radical (unpaired) electrons. The van der Waals surface area contributed by atoms with E-state index in [1.165, 1.54) is 16.2 Å². The van der Waals surface area contributed by atoms with Gasteiger partial charge in [0, 0.05) is 54.6 Å². The lowest BCUT2D eigenvalue weighted by molar-refractivity contribution is 0.107. The van der Waals surface area contributed by atoms with Crippen LogP contribution in [0.15, 0.2) is 24.3 Å². The molecule has 3 saturated heterocycles. The molecule has 238 valence electrons. The number of ether oxygens (including phenoxy) is 1. The first-order valence-electron chi connectivity index (χ1n) is 15.3. The van der Waals surface area contributed by atoms with Crippen LogP contribution in [0.5, 0.6) is 6.01 Å². The van der Waals surface area contributed by atoms with Crippen molar-refractivity contribution in [3.8, 4) is 12.1 Å². The van der Waals surface area contributed by atoms with E-state index in [1.807, 2.05) is 48.0 Å². The summed E-state index contributed by atoms with van der Waals surface area (Å²) in [4.78, 5) is 21.9. The van der Waals surface area contributed by atoms with Crippen LogP contribution in [0.4, 0.5) is 21.3 Å². The Balaban J connectivity index is 1.17. The third kappa shape index (κ3) is 5.28. The third-order valence-corrected chi connectivity index (χ3v) is 14.1. The van der Waals surface area contributed by atoms with Crippen LogP contribution in [0.3, 0.4) is 0 Å². The SMILES string of the molecule is C[C@H](c1ccc(P(C)(C)=O)cc1)N(C)c1nc(OC[C@@]23CCCN2CC(F)C3)nc(N2CC3(C2)SCc2sc(N)c(C#N)c23)n1. The summed E-state index contributed by atoms with van der Waals surface area (Å²) in [6.07, 6.45) is 1.54. The molecular formula is C31H38FN8O2PS2. The number of thioether (sulfide) groups is 1. The van der Waals surface area contributed by atoms with Gasteiger partial charge in [-0.05, 0) is 45.2 Å². The van der Waals surface area contributed by atoms with Crippen LogP contribution >= 0.6 is 30.2 Å². The number of hydrogen-bond donors (Lipinski definition) is 1. The zero-order valence-corrected chi connectivity index (χ0v) is 28.5. The molecule has 14 heteroatoms. The Morgan fingerprint density at radius 2 is 2.02 bits per heavy atom. The minimum absolute atomic E-state index is 0.0936. The molecule has 0 aliphatic carbocycles. The number of alkyl halides is 1. The summed E-state index contributed by atoms with van der Waals surface area (Å²) in [5.41, 5.74) is 8.58. The minimum Gasteiger partial charge on any atom is -0.461 e. The molecule has 6 heterocycles.